The fourth-order valence-corrected chi connectivity index (χ4v) is 6.14. The fraction of sp³-hybridized carbons (Fsp3) is 0.370. The van der Waals surface area contributed by atoms with Crippen LogP contribution in [-0.2, 0) is 4.79 Å². The molecule has 2 atom stereocenters. The van der Waals surface area contributed by atoms with Crippen LogP contribution in [0.2, 0.25) is 4.34 Å². The van der Waals surface area contributed by atoms with Crippen molar-refractivity contribution in [1.29, 1.82) is 0 Å². The van der Waals surface area contributed by atoms with Gasteiger partial charge in [0.1, 0.15) is 5.82 Å². The molecule has 5 rings (SSSR count). The van der Waals surface area contributed by atoms with E-state index in [2.05, 4.69) is 20.4 Å². The molecule has 0 saturated carbocycles. The molecule has 4 heterocycles. The first kappa shape index (κ1) is 26.6. The smallest absolute Gasteiger partial charge is 0.261 e. The number of carbonyl (C=O) groups is 2. The predicted molar refractivity (Wildman–Crippen MR) is 147 cm³/mol. The predicted octanol–water partition coefficient (Wildman–Crippen LogP) is 3.60. The van der Waals surface area contributed by atoms with E-state index in [0.29, 0.717) is 21.4 Å². The van der Waals surface area contributed by atoms with Crippen LogP contribution in [0.5, 0.6) is 0 Å². The summed E-state index contributed by atoms with van der Waals surface area (Å²) in [6, 6.07) is 12.4. The van der Waals surface area contributed by atoms with Crippen LogP contribution in [0.1, 0.15) is 28.9 Å². The van der Waals surface area contributed by atoms with Gasteiger partial charge in [0.25, 0.3) is 11.5 Å². The van der Waals surface area contributed by atoms with Gasteiger partial charge in [0.05, 0.1) is 27.1 Å². The lowest BCUT2D eigenvalue weighted by Gasteiger charge is -2.27. The van der Waals surface area contributed by atoms with Gasteiger partial charge in [-0.2, -0.15) is 0 Å². The Morgan fingerprint density at radius 2 is 1.92 bits per heavy atom. The van der Waals surface area contributed by atoms with Crippen molar-refractivity contribution in [2.45, 2.75) is 31.3 Å². The van der Waals surface area contributed by atoms with Gasteiger partial charge in [-0.05, 0) is 62.7 Å². The lowest BCUT2D eigenvalue weighted by molar-refractivity contribution is -0.117. The number of hydrogen-bond donors (Lipinski definition) is 2. The van der Waals surface area contributed by atoms with E-state index in [-0.39, 0.29) is 41.7 Å². The molecule has 2 saturated heterocycles. The molecule has 3 aromatic rings. The number of carbonyl (C=O) groups excluding carboxylic acids is 2. The number of amides is 2. The lowest BCUT2D eigenvalue weighted by atomic mass is 10.1. The number of anilines is 1. The standard InChI is InChI=1S/C27H29ClFN5O3S/c28-24-9-8-23(38-24)27(37)30-18-13-20(16-32-10-3-4-11-32)33(15-18)17-25(35)31-22-7-6-19(14-21(22)29)34-12-2-1-5-26(34)36/h1-2,5-9,12,14,18,20H,3-4,10-11,13,15-17H2,(H,30,37)(H,31,35)/t18-,20+/m1/s1. The molecule has 2 aliphatic rings. The summed E-state index contributed by atoms with van der Waals surface area (Å²) in [7, 11) is 0. The monoisotopic (exact) mass is 557 g/mol. The zero-order valence-electron chi connectivity index (χ0n) is 20.7. The summed E-state index contributed by atoms with van der Waals surface area (Å²) in [6.07, 6.45) is 4.61. The van der Waals surface area contributed by atoms with Crippen LogP contribution >= 0.6 is 22.9 Å². The van der Waals surface area contributed by atoms with Gasteiger partial charge in [0.2, 0.25) is 5.91 Å². The van der Waals surface area contributed by atoms with Crippen LogP contribution in [0.15, 0.2) is 59.5 Å². The molecule has 11 heteroatoms. The largest absolute Gasteiger partial charge is 0.347 e. The molecular weight excluding hydrogens is 529 g/mol. The molecule has 200 valence electrons. The third-order valence-corrected chi connectivity index (χ3v) is 8.23. The number of nitrogens with zero attached hydrogens (tertiary/aromatic N) is 3. The van der Waals surface area contributed by atoms with Gasteiger partial charge >= 0.3 is 0 Å². The van der Waals surface area contributed by atoms with Gasteiger partial charge in [-0.3, -0.25) is 23.9 Å². The molecule has 38 heavy (non-hydrogen) atoms. The highest BCUT2D eigenvalue weighted by molar-refractivity contribution is 7.18. The highest BCUT2D eigenvalue weighted by Crippen LogP contribution is 2.25. The molecule has 8 nitrogen and oxygen atoms in total. The van der Waals surface area contributed by atoms with Crippen molar-refractivity contribution in [2.75, 3.05) is 38.0 Å². The number of likely N-dealkylation sites (tertiary alicyclic amines) is 2. The van der Waals surface area contributed by atoms with Crippen LogP contribution in [0.4, 0.5) is 10.1 Å². The van der Waals surface area contributed by atoms with Crippen molar-refractivity contribution in [1.82, 2.24) is 19.7 Å². The maximum atomic E-state index is 14.9. The van der Waals surface area contributed by atoms with Gasteiger partial charge in [-0.25, -0.2) is 4.39 Å². The molecular formula is C27H29ClFN5O3S. The molecule has 1 aromatic carbocycles. The van der Waals surface area contributed by atoms with Crippen LogP contribution < -0.4 is 16.2 Å². The van der Waals surface area contributed by atoms with E-state index in [1.807, 2.05) is 0 Å². The minimum absolute atomic E-state index is 0.0532. The summed E-state index contributed by atoms with van der Waals surface area (Å²) in [6.45, 7) is 3.48. The Bertz CT molecular complexity index is 1370. The second-order valence-corrected chi connectivity index (χ2v) is 11.4. The minimum atomic E-state index is -0.624. The van der Waals surface area contributed by atoms with Crippen LogP contribution in [0.25, 0.3) is 5.69 Å². The Morgan fingerprint density at radius 1 is 1.11 bits per heavy atom. The third kappa shape index (κ3) is 6.32. The van der Waals surface area contributed by atoms with Crippen LogP contribution in [0.3, 0.4) is 0 Å². The van der Waals surface area contributed by atoms with Crippen LogP contribution in [-0.4, -0.2) is 71.0 Å². The van der Waals surface area contributed by atoms with Crippen molar-refractivity contribution in [3.05, 3.63) is 80.1 Å². The van der Waals surface area contributed by atoms with E-state index in [1.165, 1.54) is 34.1 Å². The molecule has 0 aliphatic carbocycles. The fourth-order valence-electron chi connectivity index (χ4n) is 5.20. The number of benzene rings is 1. The average molecular weight is 558 g/mol. The number of aromatic nitrogens is 1. The topological polar surface area (TPSA) is 86.7 Å². The molecule has 2 N–H and O–H groups in total. The third-order valence-electron chi connectivity index (χ3n) is 7.00. The van der Waals surface area contributed by atoms with E-state index in [1.54, 1.807) is 36.5 Å². The summed E-state index contributed by atoms with van der Waals surface area (Å²) >= 11 is 7.22. The highest BCUT2D eigenvalue weighted by Gasteiger charge is 2.35. The summed E-state index contributed by atoms with van der Waals surface area (Å²) in [4.78, 5) is 42.7. The molecule has 0 unspecified atom stereocenters. The normalized spacial score (nSPS) is 20.1. The Kier molecular flexibility index (Phi) is 8.23. The first-order valence-corrected chi connectivity index (χ1v) is 13.9. The first-order valence-electron chi connectivity index (χ1n) is 12.7. The number of thiophene rings is 1. The average Bonchev–Trinajstić information content (AvgIpc) is 3.64. The van der Waals surface area contributed by atoms with Crippen molar-refractivity contribution in [3.8, 4) is 5.69 Å². The Balaban J connectivity index is 1.24. The van der Waals surface area contributed by atoms with E-state index < -0.39 is 5.82 Å². The van der Waals surface area contributed by atoms with E-state index >= 15 is 0 Å². The Morgan fingerprint density at radius 3 is 2.63 bits per heavy atom. The minimum Gasteiger partial charge on any atom is -0.347 e. The van der Waals surface area contributed by atoms with Crippen molar-refractivity contribution in [3.63, 3.8) is 0 Å². The molecule has 0 bridgehead atoms. The second-order valence-electron chi connectivity index (χ2n) is 9.72. The van der Waals surface area contributed by atoms with Crippen molar-refractivity contribution in [2.24, 2.45) is 0 Å². The SMILES string of the molecule is O=C(CN1C[C@H](NC(=O)c2ccc(Cl)s2)C[C@H]1CN1CCCC1)Nc1ccc(-n2ccccc2=O)cc1F. The van der Waals surface area contributed by atoms with Crippen LogP contribution in [0, 0.1) is 5.82 Å². The molecule has 2 fully saturated rings. The van der Waals surface area contributed by atoms with Gasteiger partial charge in [-0.1, -0.05) is 17.7 Å². The molecule has 2 aliphatic heterocycles. The first-order chi connectivity index (χ1) is 18.4. The van der Waals surface area contributed by atoms with Crippen molar-refractivity contribution < 1.29 is 14.0 Å². The quantitative estimate of drug-likeness (QED) is 0.442. The highest BCUT2D eigenvalue weighted by atomic mass is 35.5. The summed E-state index contributed by atoms with van der Waals surface area (Å²) in [5, 5.41) is 5.76. The summed E-state index contributed by atoms with van der Waals surface area (Å²) in [5.74, 6) is -1.13. The van der Waals surface area contributed by atoms with E-state index in [4.69, 9.17) is 11.6 Å². The number of pyridine rings is 1. The summed E-state index contributed by atoms with van der Waals surface area (Å²) in [5.41, 5.74) is 0.157. The Hall–Kier alpha value is -3.05. The second kappa shape index (κ2) is 11.8. The zero-order valence-corrected chi connectivity index (χ0v) is 22.3. The number of rotatable bonds is 8. The van der Waals surface area contributed by atoms with Gasteiger partial charge in [0, 0.05) is 43.5 Å². The van der Waals surface area contributed by atoms with Gasteiger partial charge in [0.15, 0.2) is 0 Å². The Labute approximate surface area is 229 Å². The molecule has 2 amide bonds. The van der Waals surface area contributed by atoms with E-state index in [9.17, 15) is 18.8 Å². The molecule has 0 spiro atoms. The number of hydrogen-bond acceptors (Lipinski definition) is 6. The maximum Gasteiger partial charge on any atom is 0.261 e. The molecule has 2 aromatic heterocycles. The van der Waals surface area contributed by atoms with Crippen molar-refractivity contribution >= 4 is 40.4 Å². The number of nitrogens with one attached hydrogen (secondary N) is 2. The van der Waals surface area contributed by atoms with Gasteiger partial charge in [-0.15, -0.1) is 11.3 Å². The maximum absolute atomic E-state index is 14.9. The van der Waals surface area contributed by atoms with Gasteiger partial charge < -0.3 is 15.5 Å². The summed E-state index contributed by atoms with van der Waals surface area (Å²) < 4.78 is 16.7. The van der Waals surface area contributed by atoms with E-state index in [0.717, 1.165) is 38.9 Å². The number of halogens is 2. The molecule has 0 radical (unpaired) electrons. The lowest BCUT2D eigenvalue weighted by Crippen LogP contribution is -2.43. The zero-order chi connectivity index (χ0) is 26.6.